The number of aryl methyl sites for hydroxylation is 1. The highest BCUT2D eigenvalue weighted by atomic mass is 32.1. The van der Waals surface area contributed by atoms with Crippen LogP contribution in [0.25, 0.3) is 0 Å². The number of benzene rings is 1. The summed E-state index contributed by atoms with van der Waals surface area (Å²) in [5.74, 6) is 0.893. The minimum Gasteiger partial charge on any atom is -0.386 e. The average Bonchev–Trinajstić information content (AvgIpc) is 3.20. The lowest BCUT2D eigenvalue weighted by Gasteiger charge is -2.37. The second-order valence-electron chi connectivity index (χ2n) is 6.55. The second-order valence-corrected chi connectivity index (χ2v) is 7.47. The number of piperazine rings is 1. The minimum atomic E-state index is -0.573. The highest BCUT2D eigenvalue weighted by Gasteiger charge is 2.20. The van der Waals surface area contributed by atoms with E-state index in [0.29, 0.717) is 6.54 Å². The molecule has 1 aromatic carbocycles. The fourth-order valence-electron chi connectivity index (χ4n) is 3.08. The molecule has 2 aromatic rings. The third-order valence-corrected chi connectivity index (χ3v) is 5.54. The van der Waals surface area contributed by atoms with Gasteiger partial charge in [-0.1, -0.05) is 29.8 Å². The third kappa shape index (κ3) is 4.77. The van der Waals surface area contributed by atoms with E-state index < -0.39 is 6.10 Å². The largest absolute Gasteiger partial charge is 0.386 e. The maximum atomic E-state index is 10.4. The van der Waals surface area contributed by atoms with Crippen molar-refractivity contribution in [3.05, 3.63) is 52.9 Å². The van der Waals surface area contributed by atoms with E-state index in [0.717, 1.165) is 44.2 Å². The number of hydrogen-bond acceptors (Lipinski definition) is 4. The monoisotopic (exact) mass is 372 g/mol. The van der Waals surface area contributed by atoms with Crippen molar-refractivity contribution in [2.24, 2.45) is 4.99 Å². The zero-order chi connectivity index (χ0) is 18.4. The summed E-state index contributed by atoms with van der Waals surface area (Å²) in [5, 5.41) is 17.3. The molecule has 26 heavy (non-hydrogen) atoms. The van der Waals surface area contributed by atoms with Gasteiger partial charge in [0.15, 0.2) is 5.96 Å². The van der Waals surface area contributed by atoms with Gasteiger partial charge >= 0.3 is 0 Å². The van der Waals surface area contributed by atoms with Gasteiger partial charge in [-0.25, -0.2) is 0 Å². The van der Waals surface area contributed by atoms with Crippen LogP contribution in [0.15, 0.2) is 46.8 Å². The molecule has 1 fully saturated rings. The molecule has 0 aliphatic carbocycles. The van der Waals surface area contributed by atoms with E-state index in [4.69, 9.17) is 0 Å². The number of guanidine groups is 1. The summed E-state index contributed by atoms with van der Waals surface area (Å²) >= 11 is 1.79. The maximum Gasteiger partial charge on any atom is 0.194 e. The number of aliphatic hydroxyl groups excluding tert-OH is 1. The number of thiophene rings is 1. The SMILES string of the molecule is CCNC(=NCC(O)c1ccc(C)cc1)N1CCN(c2cccs2)CC1. The number of nitrogens with zero attached hydrogens (tertiary/aromatic N) is 3. The first-order chi connectivity index (χ1) is 12.7. The molecule has 140 valence electrons. The van der Waals surface area contributed by atoms with Crippen molar-refractivity contribution in [1.29, 1.82) is 0 Å². The molecule has 3 rings (SSSR count). The van der Waals surface area contributed by atoms with Gasteiger partial charge in [-0.15, -0.1) is 11.3 Å². The fourth-order valence-corrected chi connectivity index (χ4v) is 3.87. The standard InChI is InChI=1S/C20H28N4OS/c1-3-21-20(22-15-18(25)17-8-6-16(2)7-9-17)24-12-10-23(11-13-24)19-5-4-14-26-19/h4-9,14,18,25H,3,10-13,15H2,1-2H3,(H,21,22). The van der Waals surface area contributed by atoms with Gasteiger partial charge in [0.25, 0.3) is 0 Å². The molecule has 0 saturated carbocycles. The smallest absolute Gasteiger partial charge is 0.194 e. The third-order valence-electron chi connectivity index (χ3n) is 4.61. The Balaban J connectivity index is 1.59. The van der Waals surface area contributed by atoms with E-state index in [9.17, 15) is 5.11 Å². The van der Waals surface area contributed by atoms with Gasteiger partial charge in [-0.3, -0.25) is 4.99 Å². The van der Waals surface area contributed by atoms with Crippen molar-refractivity contribution in [2.75, 3.05) is 44.2 Å². The summed E-state index contributed by atoms with van der Waals surface area (Å²) in [6.45, 7) is 9.17. The Hall–Kier alpha value is -2.05. The number of anilines is 1. The quantitative estimate of drug-likeness (QED) is 0.626. The van der Waals surface area contributed by atoms with Crippen molar-refractivity contribution in [3.8, 4) is 0 Å². The van der Waals surface area contributed by atoms with Gasteiger partial charge in [0.05, 0.1) is 17.6 Å². The van der Waals surface area contributed by atoms with Gasteiger partial charge in [0.2, 0.25) is 0 Å². The molecular formula is C20H28N4OS. The molecule has 0 bridgehead atoms. The van der Waals surface area contributed by atoms with Crippen LogP contribution in [-0.4, -0.2) is 55.2 Å². The highest BCUT2D eigenvalue weighted by molar-refractivity contribution is 7.14. The lowest BCUT2D eigenvalue weighted by atomic mass is 10.1. The molecule has 2 heterocycles. The van der Waals surface area contributed by atoms with E-state index >= 15 is 0 Å². The average molecular weight is 373 g/mol. The van der Waals surface area contributed by atoms with Gasteiger partial charge in [0, 0.05) is 32.7 Å². The molecule has 2 N–H and O–H groups in total. The predicted molar refractivity (Wildman–Crippen MR) is 110 cm³/mol. The lowest BCUT2D eigenvalue weighted by molar-refractivity contribution is 0.186. The summed E-state index contributed by atoms with van der Waals surface area (Å²) in [6, 6.07) is 12.3. The summed E-state index contributed by atoms with van der Waals surface area (Å²) in [7, 11) is 0. The Morgan fingerprint density at radius 1 is 1.19 bits per heavy atom. The Kier molecular flexibility index (Phi) is 6.52. The van der Waals surface area contributed by atoms with E-state index in [-0.39, 0.29) is 0 Å². The molecule has 1 saturated heterocycles. The summed E-state index contributed by atoms with van der Waals surface area (Å²) < 4.78 is 0. The fraction of sp³-hybridized carbons (Fsp3) is 0.450. The molecule has 0 radical (unpaired) electrons. The van der Waals surface area contributed by atoms with E-state index in [1.54, 1.807) is 11.3 Å². The van der Waals surface area contributed by atoms with Crippen LogP contribution in [0.4, 0.5) is 5.00 Å². The van der Waals surface area contributed by atoms with Crippen molar-refractivity contribution < 1.29 is 5.11 Å². The number of aliphatic hydroxyl groups is 1. The van der Waals surface area contributed by atoms with Crippen LogP contribution < -0.4 is 10.2 Å². The number of rotatable bonds is 5. The van der Waals surface area contributed by atoms with Crippen LogP contribution >= 0.6 is 11.3 Å². The summed E-state index contributed by atoms with van der Waals surface area (Å²) in [6.07, 6.45) is -0.573. The zero-order valence-electron chi connectivity index (χ0n) is 15.6. The van der Waals surface area contributed by atoms with Crippen molar-refractivity contribution in [1.82, 2.24) is 10.2 Å². The predicted octanol–water partition coefficient (Wildman–Crippen LogP) is 2.88. The molecule has 6 heteroatoms. The van der Waals surface area contributed by atoms with Crippen LogP contribution in [0.5, 0.6) is 0 Å². The number of hydrogen-bond donors (Lipinski definition) is 2. The van der Waals surface area contributed by atoms with Gasteiger partial charge in [0.1, 0.15) is 0 Å². The van der Waals surface area contributed by atoms with Crippen molar-refractivity contribution in [2.45, 2.75) is 20.0 Å². The van der Waals surface area contributed by atoms with Gasteiger partial charge in [-0.2, -0.15) is 0 Å². The first-order valence-electron chi connectivity index (χ1n) is 9.23. The first-order valence-corrected chi connectivity index (χ1v) is 10.1. The molecule has 0 spiro atoms. The molecule has 1 unspecified atom stereocenters. The molecule has 5 nitrogen and oxygen atoms in total. The van der Waals surface area contributed by atoms with Crippen LogP contribution in [-0.2, 0) is 0 Å². The van der Waals surface area contributed by atoms with Gasteiger partial charge < -0.3 is 20.2 Å². The molecule has 0 amide bonds. The maximum absolute atomic E-state index is 10.4. The number of aliphatic imine (C=N–C) groups is 1. The molecule has 1 aromatic heterocycles. The Labute approximate surface area is 160 Å². The second kappa shape index (κ2) is 9.05. The van der Waals surface area contributed by atoms with Crippen LogP contribution in [0.2, 0.25) is 0 Å². The molecule has 1 aliphatic heterocycles. The lowest BCUT2D eigenvalue weighted by Crippen LogP contribution is -2.52. The van der Waals surface area contributed by atoms with E-state index in [2.05, 4.69) is 44.5 Å². The topological polar surface area (TPSA) is 51.1 Å². The highest BCUT2D eigenvalue weighted by Crippen LogP contribution is 2.22. The van der Waals surface area contributed by atoms with E-state index in [1.165, 1.54) is 10.6 Å². The van der Waals surface area contributed by atoms with Crippen LogP contribution in [0.3, 0.4) is 0 Å². The summed E-state index contributed by atoms with van der Waals surface area (Å²) in [5.41, 5.74) is 2.11. The first kappa shape index (κ1) is 18.7. The van der Waals surface area contributed by atoms with Crippen molar-refractivity contribution >= 4 is 22.3 Å². The Morgan fingerprint density at radius 3 is 2.54 bits per heavy atom. The Bertz CT molecular complexity index is 691. The Morgan fingerprint density at radius 2 is 1.92 bits per heavy atom. The molecule has 1 atom stereocenters. The van der Waals surface area contributed by atoms with E-state index in [1.807, 2.05) is 31.2 Å². The molecular weight excluding hydrogens is 344 g/mol. The van der Waals surface area contributed by atoms with Crippen LogP contribution in [0.1, 0.15) is 24.2 Å². The zero-order valence-corrected chi connectivity index (χ0v) is 16.4. The normalized spacial score (nSPS) is 16.7. The summed E-state index contributed by atoms with van der Waals surface area (Å²) in [4.78, 5) is 9.40. The molecule has 1 aliphatic rings. The number of nitrogens with one attached hydrogen (secondary N) is 1. The van der Waals surface area contributed by atoms with Gasteiger partial charge in [-0.05, 0) is 36.9 Å². The minimum absolute atomic E-state index is 0.372. The van der Waals surface area contributed by atoms with Crippen molar-refractivity contribution in [3.63, 3.8) is 0 Å². The van der Waals surface area contributed by atoms with Crippen LogP contribution in [0, 0.1) is 6.92 Å².